The Bertz CT molecular complexity index is 1670. The summed E-state index contributed by atoms with van der Waals surface area (Å²) in [7, 11) is 0. The first kappa shape index (κ1) is 45.9. The number of hydrogen-bond acceptors (Lipinski definition) is 17. The van der Waals surface area contributed by atoms with E-state index in [1.807, 2.05) is 6.08 Å². The molecule has 0 amide bonds. The van der Waals surface area contributed by atoms with Crippen LogP contribution in [0, 0.1) is 46.3 Å². The maximum Gasteiger partial charge on any atom is 0.187 e. The molecule has 9 aliphatic rings. The second-order valence-electron chi connectivity index (χ2n) is 21.0. The van der Waals surface area contributed by atoms with Crippen LogP contribution in [0.1, 0.15) is 92.9 Å². The fraction of sp³-hybridized carbons (Fsp3) is 0.933. The van der Waals surface area contributed by atoms with Gasteiger partial charge in [-0.05, 0) is 99.4 Å². The Hall–Kier alpha value is -1.23. The summed E-state index contributed by atoms with van der Waals surface area (Å²) < 4.78 is 49.8. The van der Waals surface area contributed by atoms with Crippen LogP contribution in [0.4, 0.5) is 0 Å². The van der Waals surface area contributed by atoms with Crippen molar-refractivity contribution in [3.05, 3.63) is 11.6 Å². The van der Waals surface area contributed by atoms with E-state index in [0.29, 0.717) is 31.3 Å². The SMILES string of the molecule is C[C@@H]1CC[C@@]2(OC1)O[C@H]1C[C@H]3[C@@H]4C(=O)C=C5C[C@@H](O[C@@H]6O[C@H](CO)[C@@H](O[C@@H]7O[C@@H](C)[C@H](O)[C@@H](O)[C@H]7O)[C@H](O)[C@H]6O[C@@H]6O[C@@H](C)[C@H](O)[C@@H](O)[C@H]6O)CC[C@]5(C)[C@H]4CC[C@]3(C)[C@H]1[C@@H]2C. The maximum absolute atomic E-state index is 14.5. The van der Waals surface area contributed by atoms with Crippen LogP contribution < -0.4 is 0 Å². The molecule has 8 N–H and O–H groups in total. The Balaban J connectivity index is 0.932. The van der Waals surface area contributed by atoms with Crippen molar-refractivity contribution < 1.29 is 83.5 Å². The average Bonchev–Trinajstić information content (AvgIpc) is 3.69. The van der Waals surface area contributed by atoms with E-state index in [4.69, 9.17) is 37.9 Å². The molecule has 0 aromatic heterocycles. The quantitative estimate of drug-likeness (QED) is 0.173. The van der Waals surface area contributed by atoms with Gasteiger partial charge in [-0.3, -0.25) is 4.79 Å². The average molecular weight is 883 g/mol. The Kier molecular flexibility index (Phi) is 12.5. The topological polar surface area (TPSA) is 253 Å². The van der Waals surface area contributed by atoms with Gasteiger partial charge in [0.2, 0.25) is 0 Å². The van der Waals surface area contributed by atoms with Crippen LogP contribution in [0.25, 0.3) is 0 Å². The molecule has 0 aromatic carbocycles. The molecule has 5 heterocycles. The van der Waals surface area contributed by atoms with Crippen molar-refractivity contribution in [2.24, 2.45) is 46.3 Å². The molecule has 0 bridgehead atoms. The molecule has 62 heavy (non-hydrogen) atoms. The van der Waals surface area contributed by atoms with Crippen LogP contribution in [-0.4, -0.2) is 170 Å². The predicted octanol–water partition coefficient (Wildman–Crippen LogP) is 0.421. The molecule has 17 heteroatoms. The van der Waals surface area contributed by atoms with E-state index in [-0.39, 0.29) is 46.4 Å². The normalized spacial score (nSPS) is 57.7. The number of aliphatic hydroxyl groups is 8. The van der Waals surface area contributed by atoms with Gasteiger partial charge in [0.15, 0.2) is 30.4 Å². The molecule has 26 atom stereocenters. The number of aliphatic hydroxyl groups excluding tert-OH is 8. The van der Waals surface area contributed by atoms with Gasteiger partial charge in [-0.2, -0.15) is 0 Å². The minimum Gasteiger partial charge on any atom is -0.394 e. The van der Waals surface area contributed by atoms with Crippen molar-refractivity contribution in [1.82, 2.24) is 0 Å². The lowest BCUT2D eigenvalue weighted by molar-refractivity contribution is -0.388. The van der Waals surface area contributed by atoms with Crippen molar-refractivity contribution in [3.8, 4) is 0 Å². The first-order valence-electron chi connectivity index (χ1n) is 23.2. The minimum atomic E-state index is -1.75. The van der Waals surface area contributed by atoms with Gasteiger partial charge in [0.1, 0.15) is 61.0 Å². The van der Waals surface area contributed by atoms with E-state index in [2.05, 4.69) is 27.7 Å². The number of ketones is 1. The Morgan fingerprint density at radius 3 is 1.97 bits per heavy atom. The van der Waals surface area contributed by atoms with Gasteiger partial charge >= 0.3 is 0 Å². The summed E-state index contributed by atoms with van der Waals surface area (Å²) in [6.45, 7) is 12.2. The Labute approximate surface area is 362 Å². The lowest BCUT2D eigenvalue weighted by Crippen LogP contribution is -2.66. The fourth-order valence-corrected chi connectivity index (χ4v) is 13.7. The van der Waals surface area contributed by atoms with E-state index < -0.39 is 111 Å². The molecular formula is C45H70O17. The summed E-state index contributed by atoms with van der Waals surface area (Å²) in [6.07, 6.45) is -14.2. The molecule has 1 spiro atoms. The largest absolute Gasteiger partial charge is 0.394 e. The molecule has 5 saturated heterocycles. The second kappa shape index (κ2) is 16.8. The summed E-state index contributed by atoms with van der Waals surface area (Å²) >= 11 is 0. The first-order chi connectivity index (χ1) is 29.3. The Morgan fingerprint density at radius 2 is 1.35 bits per heavy atom. The van der Waals surface area contributed by atoms with Crippen LogP contribution in [0.2, 0.25) is 0 Å². The molecule has 352 valence electrons. The van der Waals surface area contributed by atoms with Crippen molar-refractivity contribution in [2.45, 2.75) is 203 Å². The third-order valence-corrected chi connectivity index (χ3v) is 17.5. The van der Waals surface area contributed by atoms with Crippen LogP contribution >= 0.6 is 0 Å². The van der Waals surface area contributed by atoms with Crippen molar-refractivity contribution in [1.29, 1.82) is 0 Å². The number of fused-ring (bicyclic) bond motifs is 7. The van der Waals surface area contributed by atoms with E-state index in [1.165, 1.54) is 13.8 Å². The molecular weight excluding hydrogens is 812 g/mol. The van der Waals surface area contributed by atoms with Crippen LogP contribution in [-0.2, 0) is 42.7 Å². The van der Waals surface area contributed by atoms with Crippen molar-refractivity contribution in [2.75, 3.05) is 13.2 Å². The summed E-state index contributed by atoms with van der Waals surface area (Å²) in [4.78, 5) is 14.5. The summed E-state index contributed by atoms with van der Waals surface area (Å²) in [5.41, 5.74) is 0.700. The van der Waals surface area contributed by atoms with Crippen molar-refractivity contribution in [3.63, 3.8) is 0 Å². The Morgan fingerprint density at radius 1 is 0.710 bits per heavy atom. The summed E-state index contributed by atoms with van der Waals surface area (Å²) in [5, 5.41) is 85.8. The van der Waals surface area contributed by atoms with Crippen LogP contribution in [0.15, 0.2) is 11.6 Å². The zero-order valence-corrected chi connectivity index (χ0v) is 36.7. The number of rotatable bonds is 7. The van der Waals surface area contributed by atoms with Crippen LogP contribution in [0.5, 0.6) is 0 Å². The predicted molar refractivity (Wildman–Crippen MR) is 213 cm³/mol. The molecule has 0 aromatic rings. The highest BCUT2D eigenvalue weighted by Gasteiger charge is 2.70. The number of carbonyl (C=O) groups excluding carboxylic acids is 1. The highest BCUT2D eigenvalue weighted by Crippen LogP contribution is 2.70. The van der Waals surface area contributed by atoms with Gasteiger partial charge in [-0.1, -0.05) is 33.3 Å². The molecule has 4 aliphatic carbocycles. The fourth-order valence-electron chi connectivity index (χ4n) is 13.7. The standard InChI is InChI=1S/C45H70O17/c1-18-7-12-45(55-17-18)19(2)30-27(62-45)15-25-29-24(9-11-44(25,30)6)43(5)10-8-23(13-22(43)14-26(29)47)58-42-39(61-41-36(53)34(51)32(49)21(4)57-41)37(54)38(28(16-46)59-42)60-40-35(52)33(50)31(48)20(3)56-40/h14,18-21,23-25,27-42,46,48-54H,7-13,15-17H2,1-6H3/t18-,19+,20+,21+,23+,24+,25+,27+,28-,29-,30+,31+,32+,33-,34-,35-,36-,37+,38-,39-,40+,41+,42-,43+,44+,45-/m1/s1. The monoisotopic (exact) mass is 882 g/mol. The molecule has 8 fully saturated rings. The number of carbonyl (C=O) groups is 1. The third-order valence-electron chi connectivity index (χ3n) is 17.5. The van der Waals surface area contributed by atoms with Gasteiger partial charge < -0.3 is 78.7 Å². The van der Waals surface area contributed by atoms with Crippen molar-refractivity contribution >= 4 is 5.78 Å². The molecule has 17 nitrogen and oxygen atoms in total. The van der Waals surface area contributed by atoms with Gasteiger partial charge in [0.05, 0.1) is 37.6 Å². The molecule has 0 unspecified atom stereocenters. The highest BCUT2D eigenvalue weighted by molar-refractivity contribution is 5.94. The van der Waals surface area contributed by atoms with Gasteiger partial charge in [-0.25, -0.2) is 0 Å². The first-order valence-corrected chi connectivity index (χ1v) is 23.2. The zero-order chi connectivity index (χ0) is 44.4. The summed E-state index contributed by atoms with van der Waals surface area (Å²) in [6, 6.07) is 0. The zero-order valence-electron chi connectivity index (χ0n) is 36.7. The van der Waals surface area contributed by atoms with E-state index in [1.54, 1.807) is 0 Å². The number of hydrogen-bond donors (Lipinski definition) is 8. The maximum atomic E-state index is 14.5. The molecule has 0 radical (unpaired) electrons. The van der Waals surface area contributed by atoms with Crippen LogP contribution in [0.3, 0.4) is 0 Å². The second-order valence-corrected chi connectivity index (χ2v) is 21.0. The lowest BCUT2D eigenvalue weighted by Gasteiger charge is -2.58. The lowest BCUT2D eigenvalue weighted by atomic mass is 9.46. The van der Waals surface area contributed by atoms with E-state index >= 15 is 0 Å². The van der Waals surface area contributed by atoms with Gasteiger partial charge in [-0.15, -0.1) is 0 Å². The van der Waals surface area contributed by atoms with E-state index in [0.717, 1.165) is 44.1 Å². The molecule has 3 saturated carbocycles. The summed E-state index contributed by atoms with van der Waals surface area (Å²) in [5.74, 6) is 0.944. The van der Waals surface area contributed by atoms with E-state index in [9.17, 15) is 45.6 Å². The number of allylic oxidation sites excluding steroid dienone is 1. The van der Waals surface area contributed by atoms with Gasteiger partial charge in [0.25, 0.3) is 0 Å². The highest BCUT2D eigenvalue weighted by atomic mass is 16.8. The third kappa shape index (κ3) is 7.31. The molecule has 5 aliphatic heterocycles. The van der Waals surface area contributed by atoms with Gasteiger partial charge in [0, 0.05) is 18.3 Å². The smallest absolute Gasteiger partial charge is 0.187 e. The minimum absolute atomic E-state index is 0.0418. The molecule has 9 rings (SSSR count). The number of ether oxygens (including phenoxy) is 8.